The average molecular weight is 269 g/mol. The first-order valence-electron chi connectivity index (χ1n) is 6.50. The number of nitrogens with zero attached hydrogens (tertiary/aromatic N) is 4. The normalized spacial score (nSPS) is 12.7. The van der Waals surface area contributed by atoms with Crippen molar-refractivity contribution >= 4 is 11.0 Å². The fourth-order valence-corrected chi connectivity index (χ4v) is 1.94. The third-order valence-electron chi connectivity index (χ3n) is 3.12. The minimum Gasteiger partial charge on any atom is -0.339 e. The highest BCUT2D eigenvalue weighted by Crippen LogP contribution is 2.20. The zero-order valence-corrected chi connectivity index (χ0v) is 11.2. The van der Waals surface area contributed by atoms with Crippen LogP contribution in [0.15, 0.2) is 35.1 Å². The van der Waals surface area contributed by atoms with Crippen LogP contribution in [0.1, 0.15) is 12.8 Å². The Hall–Kier alpha value is -2.34. The number of benzene rings is 1. The molecule has 1 unspecified atom stereocenters. The molecule has 3 rings (SSSR count). The van der Waals surface area contributed by atoms with E-state index in [4.69, 9.17) is 10.3 Å². The molecule has 0 saturated carbocycles. The van der Waals surface area contributed by atoms with Crippen LogP contribution in [0.3, 0.4) is 0 Å². The largest absolute Gasteiger partial charge is 0.339 e. The third kappa shape index (κ3) is 2.50. The molecule has 102 valence electrons. The molecule has 1 atom stereocenters. The van der Waals surface area contributed by atoms with Crippen LogP contribution in [0, 0.1) is 5.92 Å². The van der Waals surface area contributed by atoms with Gasteiger partial charge in [-0.05, 0) is 30.7 Å². The summed E-state index contributed by atoms with van der Waals surface area (Å²) in [5, 5.41) is 4.01. The highest BCUT2D eigenvalue weighted by atomic mass is 16.5. The van der Waals surface area contributed by atoms with Crippen molar-refractivity contribution in [3.63, 3.8) is 0 Å². The van der Waals surface area contributed by atoms with E-state index in [2.05, 4.69) is 27.0 Å². The van der Waals surface area contributed by atoms with Gasteiger partial charge in [0, 0.05) is 24.4 Å². The van der Waals surface area contributed by atoms with E-state index in [1.54, 1.807) is 12.4 Å². The molecule has 1 aromatic carbocycles. The van der Waals surface area contributed by atoms with Crippen molar-refractivity contribution in [2.24, 2.45) is 11.7 Å². The summed E-state index contributed by atoms with van der Waals surface area (Å²) in [6.07, 6.45) is 4.02. The highest BCUT2D eigenvalue weighted by molar-refractivity contribution is 5.79. The molecule has 0 spiro atoms. The number of rotatable bonds is 4. The lowest BCUT2D eigenvalue weighted by molar-refractivity contribution is 0.360. The summed E-state index contributed by atoms with van der Waals surface area (Å²) in [5.41, 5.74) is 8.12. The Morgan fingerprint density at radius 3 is 2.80 bits per heavy atom. The Morgan fingerprint density at radius 2 is 2.00 bits per heavy atom. The molecule has 2 N–H and O–H groups in total. The standard InChI is InChI=1S/C14H15N5O/c1-9(8-15)6-13-18-14(19-20-13)10-2-3-11-12(7-10)17-5-4-16-11/h2-5,7,9H,6,8,15H2,1H3. The molecule has 0 saturated heterocycles. The lowest BCUT2D eigenvalue weighted by Gasteiger charge is -2.02. The van der Waals surface area contributed by atoms with E-state index in [0.717, 1.165) is 16.6 Å². The molecule has 3 aromatic rings. The fraction of sp³-hybridized carbons (Fsp3) is 0.286. The number of fused-ring (bicyclic) bond motifs is 1. The zero-order valence-electron chi connectivity index (χ0n) is 11.2. The van der Waals surface area contributed by atoms with Gasteiger partial charge in [-0.2, -0.15) is 4.98 Å². The minimum absolute atomic E-state index is 0.325. The summed E-state index contributed by atoms with van der Waals surface area (Å²) in [4.78, 5) is 12.9. The van der Waals surface area contributed by atoms with Crippen LogP contribution in [0.5, 0.6) is 0 Å². The van der Waals surface area contributed by atoms with E-state index in [1.807, 2.05) is 18.2 Å². The van der Waals surface area contributed by atoms with E-state index in [1.165, 1.54) is 0 Å². The molecule has 0 aliphatic carbocycles. The second-order valence-corrected chi connectivity index (χ2v) is 4.82. The van der Waals surface area contributed by atoms with Gasteiger partial charge in [0.15, 0.2) is 0 Å². The smallest absolute Gasteiger partial charge is 0.227 e. The summed E-state index contributed by atoms with van der Waals surface area (Å²) >= 11 is 0. The third-order valence-corrected chi connectivity index (χ3v) is 3.12. The van der Waals surface area contributed by atoms with Crippen LogP contribution in [0.2, 0.25) is 0 Å². The first kappa shape index (κ1) is 12.7. The van der Waals surface area contributed by atoms with Gasteiger partial charge in [-0.1, -0.05) is 12.1 Å². The minimum atomic E-state index is 0.325. The van der Waals surface area contributed by atoms with Gasteiger partial charge in [-0.25, -0.2) is 0 Å². The maximum absolute atomic E-state index is 5.59. The topological polar surface area (TPSA) is 90.7 Å². The fourth-order valence-electron chi connectivity index (χ4n) is 1.94. The van der Waals surface area contributed by atoms with E-state index in [9.17, 15) is 0 Å². The van der Waals surface area contributed by atoms with Gasteiger partial charge in [-0.15, -0.1) is 0 Å². The molecule has 2 aromatic heterocycles. The van der Waals surface area contributed by atoms with E-state index in [-0.39, 0.29) is 0 Å². The van der Waals surface area contributed by atoms with Crippen molar-refractivity contribution in [3.8, 4) is 11.4 Å². The van der Waals surface area contributed by atoms with Gasteiger partial charge in [0.05, 0.1) is 11.0 Å². The number of hydrogen-bond donors (Lipinski definition) is 1. The lowest BCUT2D eigenvalue weighted by atomic mass is 10.1. The Labute approximate surface area is 116 Å². The van der Waals surface area contributed by atoms with Gasteiger partial charge < -0.3 is 10.3 Å². The average Bonchev–Trinajstić information content (AvgIpc) is 2.95. The second-order valence-electron chi connectivity index (χ2n) is 4.82. The molecule has 2 heterocycles. The first-order valence-corrected chi connectivity index (χ1v) is 6.50. The summed E-state index contributed by atoms with van der Waals surface area (Å²) < 4.78 is 5.25. The van der Waals surface area contributed by atoms with Crippen LogP contribution in [-0.4, -0.2) is 26.7 Å². The van der Waals surface area contributed by atoms with E-state index >= 15 is 0 Å². The second kappa shape index (κ2) is 5.34. The Balaban J connectivity index is 1.91. The predicted octanol–water partition coefficient (Wildman–Crippen LogP) is 1.82. The first-order chi connectivity index (χ1) is 9.76. The molecular weight excluding hydrogens is 254 g/mol. The van der Waals surface area contributed by atoms with Gasteiger partial charge in [0.25, 0.3) is 0 Å². The van der Waals surface area contributed by atoms with E-state index in [0.29, 0.717) is 30.6 Å². The van der Waals surface area contributed by atoms with Crippen LogP contribution in [-0.2, 0) is 6.42 Å². The predicted molar refractivity (Wildman–Crippen MR) is 74.8 cm³/mol. The van der Waals surface area contributed by atoms with E-state index < -0.39 is 0 Å². The molecule has 20 heavy (non-hydrogen) atoms. The van der Waals surface area contributed by atoms with Crippen molar-refractivity contribution in [1.29, 1.82) is 0 Å². The number of aromatic nitrogens is 4. The number of hydrogen-bond acceptors (Lipinski definition) is 6. The summed E-state index contributed by atoms with van der Waals surface area (Å²) in [6.45, 7) is 2.65. The highest BCUT2D eigenvalue weighted by Gasteiger charge is 2.12. The Morgan fingerprint density at radius 1 is 1.20 bits per heavy atom. The summed E-state index contributed by atoms with van der Waals surface area (Å²) in [7, 11) is 0. The van der Waals surface area contributed by atoms with Crippen molar-refractivity contribution in [2.45, 2.75) is 13.3 Å². The summed E-state index contributed by atoms with van der Waals surface area (Å²) in [6, 6.07) is 5.72. The van der Waals surface area contributed by atoms with Crippen molar-refractivity contribution in [1.82, 2.24) is 20.1 Å². The Kier molecular flexibility index (Phi) is 3.39. The van der Waals surface area contributed by atoms with Crippen LogP contribution >= 0.6 is 0 Å². The molecule has 0 fully saturated rings. The molecule has 0 aliphatic rings. The van der Waals surface area contributed by atoms with Crippen molar-refractivity contribution in [2.75, 3.05) is 6.54 Å². The molecule has 0 radical (unpaired) electrons. The molecule has 0 aliphatic heterocycles. The zero-order chi connectivity index (χ0) is 13.9. The Bertz CT molecular complexity index is 724. The molecule has 0 bridgehead atoms. The maximum atomic E-state index is 5.59. The maximum Gasteiger partial charge on any atom is 0.227 e. The van der Waals surface area contributed by atoms with Gasteiger partial charge in [0.2, 0.25) is 11.7 Å². The van der Waals surface area contributed by atoms with Crippen molar-refractivity contribution in [3.05, 3.63) is 36.5 Å². The van der Waals surface area contributed by atoms with Crippen LogP contribution in [0.4, 0.5) is 0 Å². The van der Waals surface area contributed by atoms with Crippen molar-refractivity contribution < 1.29 is 4.52 Å². The molecule has 6 nitrogen and oxygen atoms in total. The monoisotopic (exact) mass is 269 g/mol. The van der Waals surface area contributed by atoms with Gasteiger partial charge in [0.1, 0.15) is 0 Å². The molecule has 0 amide bonds. The summed E-state index contributed by atoms with van der Waals surface area (Å²) in [5.74, 6) is 1.50. The van der Waals surface area contributed by atoms with Crippen LogP contribution in [0.25, 0.3) is 22.4 Å². The molecular formula is C14H15N5O. The quantitative estimate of drug-likeness (QED) is 0.776. The molecule has 6 heteroatoms. The van der Waals surface area contributed by atoms with Gasteiger partial charge in [-0.3, -0.25) is 9.97 Å². The lowest BCUT2D eigenvalue weighted by Crippen LogP contribution is -2.13. The van der Waals surface area contributed by atoms with Gasteiger partial charge >= 0.3 is 0 Å². The van der Waals surface area contributed by atoms with Crippen LogP contribution < -0.4 is 5.73 Å². The number of nitrogens with two attached hydrogens (primary N) is 1. The SMILES string of the molecule is CC(CN)Cc1nc(-c2ccc3nccnc3c2)no1.